The first-order valence-electron chi connectivity index (χ1n) is 8.77. The van der Waals surface area contributed by atoms with Gasteiger partial charge in [0.1, 0.15) is 11.9 Å². The summed E-state index contributed by atoms with van der Waals surface area (Å²) in [4.78, 5) is 18.9. The highest BCUT2D eigenvalue weighted by atomic mass is 16.5. The van der Waals surface area contributed by atoms with Gasteiger partial charge in [0.15, 0.2) is 0 Å². The minimum absolute atomic E-state index is 0.0716. The third-order valence-corrected chi connectivity index (χ3v) is 4.44. The molecule has 1 aromatic carbocycles. The molecule has 2 unspecified atom stereocenters. The van der Waals surface area contributed by atoms with E-state index in [4.69, 9.17) is 4.74 Å². The zero-order valence-corrected chi connectivity index (χ0v) is 14.9. The van der Waals surface area contributed by atoms with Crippen molar-refractivity contribution in [2.24, 2.45) is 0 Å². The van der Waals surface area contributed by atoms with Crippen LogP contribution < -0.4 is 5.32 Å². The van der Waals surface area contributed by atoms with Crippen molar-refractivity contribution in [1.29, 1.82) is 0 Å². The number of rotatable bonds is 6. The van der Waals surface area contributed by atoms with Crippen LogP contribution in [0, 0.1) is 0 Å². The number of hydrogen-bond donors (Lipinski definition) is 1. The molecule has 6 nitrogen and oxygen atoms in total. The summed E-state index contributed by atoms with van der Waals surface area (Å²) in [5.74, 6) is 0.789. The monoisotopic (exact) mass is 342 g/mol. The van der Waals surface area contributed by atoms with E-state index in [0.29, 0.717) is 13.1 Å². The second-order valence-corrected chi connectivity index (χ2v) is 6.65. The number of likely N-dealkylation sites (N-methyl/N-ethyl adjacent to an activating group) is 1. The van der Waals surface area contributed by atoms with Crippen LogP contribution >= 0.6 is 0 Å². The molecule has 0 bridgehead atoms. The van der Waals surface area contributed by atoms with E-state index >= 15 is 0 Å². The van der Waals surface area contributed by atoms with E-state index in [0.717, 1.165) is 25.3 Å². The van der Waals surface area contributed by atoms with E-state index in [1.807, 2.05) is 38.4 Å². The summed E-state index contributed by atoms with van der Waals surface area (Å²) in [5, 5.41) is 2.96. The fraction of sp³-hybridized carbons (Fsp3) is 0.474. The Labute approximate surface area is 148 Å². The summed E-state index contributed by atoms with van der Waals surface area (Å²) in [6.07, 6.45) is 4.33. The van der Waals surface area contributed by atoms with Crippen LogP contribution in [0.5, 0.6) is 0 Å². The molecule has 2 aromatic rings. The van der Waals surface area contributed by atoms with Crippen LogP contribution in [0.25, 0.3) is 0 Å². The van der Waals surface area contributed by atoms with E-state index in [1.54, 1.807) is 6.20 Å². The average molecular weight is 342 g/mol. The smallest absolute Gasteiger partial charge is 0.250 e. The Hall–Kier alpha value is -2.18. The van der Waals surface area contributed by atoms with Crippen molar-refractivity contribution < 1.29 is 9.53 Å². The number of benzene rings is 1. The number of aryl methyl sites for hydroxylation is 2. The molecular formula is C19H26N4O2. The molecule has 0 saturated carbocycles. The van der Waals surface area contributed by atoms with Gasteiger partial charge in [-0.25, -0.2) is 4.98 Å². The summed E-state index contributed by atoms with van der Waals surface area (Å²) in [6, 6.07) is 10.4. The number of hydrogen-bond acceptors (Lipinski definition) is 4. The van der Waals surface area contributed by atoms with Crippen molar-refractivity contribution in [3.8, 4) is 0 Å². The topological polar surface area (TPSA) is 59.4 Å². The van der Waals surface area contributed by atoms with Gasteiger partial charge in [0, 0.05) is 32.0 Å². The molecule has 3 rings (SSSR count). The second kappa shape index (κ2) is 8.27. The average Bonchev–Trinajstić information content (AvgIpc) is 3.05. The van der Waals surface area contributed by atoms with Crippen molar-refractivity contribution in [1.82, 2.24) is 19.8 Å². The molecule has 1 aromatic heterocycles. The molecule has 1 aliphatic rings. The van der Waals surface area contributed by atoms with E-state index in [9.17, 15) is 4.79 Å². The standard InChI is InChI=1S/C19H26N4O2/c1-15-13-22(2)14-17(25-15)19(24)21-12-18-20-9-11-23(18)10-8-16-6-4-3-5-7-16/h3-7,9,11,15,17H,8,10,12-14H2,1-2H3,(H,21,24). The van der Waals surface area contributed by atoms with Crippen molar-refractivity contribution in [3.63, 3.8) is 0 Å². The lowest BCUT2D eigenvalue weighted by Gasteiger charge is -2.33. The molecule has 2 heterocycles. The Kier molecular flexibility index (Phi) is 5.83. The number of amides is 1. The maximum absolute atomic E-state index is 12.4. The van der Waals surface area contributed by atoms with Gasteiger partial charge in [0.25, 0.3) is 5.91 Å². The maximum Gasteiger partial charge on any atom is 0.250 e. The Bertz CT molecular complexity index is 676. The fourth-order valence-electron chi connectivity index (χ4n) is 3.19. The lowest BCUT2D eigenvalue weighted by molar-refractivity contribution is -0.144. The predicted octanol–water partition coefficient (Wildman–Crippen LogP) is 1.46. The molecule has 0 spiro atoms. The number of imidazole rings is 1. The van der Waals surface area contributed by atoms with Gasteiger partial charge in [-0.05, 0) is 26.0 Å². The van der Waals surface area contributed by atoms with E-state index in [-0.39, 0.29) is 12.0 Å². The Morgan fingerprint density at radius 3 is 2.88 bits per heavy atom. The van der Waals surface area contributed by atoms with Crippen LogP contribution in [0.2, 0.25) is 0 Å². The zero-order chi connectivity index (χ0) is 17.6. The van der Waals surface area contributed by atoms with Crippen LogP contribution in [-0.4, -0.2) is 52.7 Å². The Balaban J connectivity index is 1.52. The molecule has 134 valence electrons. The van der Waals surface area contributed by atoms with Crippen molar-refractivity contribution >= 4 is 5.91 Å². The molecule has 2 atom stereocenters. The highest BCUT2D eigenvalue weighted by Gasteiger charge is 2.28. The van der Waals surface area contributed by atoms with Crippen LogP contribution in [0.4, 0.5) is 0 Å². The van der Waals surface area contributed by atoms with E-state index < -0.39 is 6.10 Å². The van der Waals surface area contributed by atoms with Crippen molar-refractivity contribution in [2.45, 2.75) is 38.6 Å². The first-order valence-corrected chi connectivity index (χ1v) is 8.77. The summed E-state index contributed by atoms with van der Waals surface area (Å²) < 4.78 is 7.83. The van der Waals surface area contributed by atoms with Gasteiger partial charge in [-0.15, -0.1) is 0 Å². The van der Waals surface area contributed by atoms with E-state index in [2.05, 4.69) is 31.9 Å². The SMILES string of the molecule is CC1CN(C)CC(C(=O)NCc2nccn2CCc2ccccc2)O1. The van der Waals surface area contributed by atoms with Gasteiger partial charge in [-0.2, -0.15) is 0 Å². The number of aromatic nitrogens is 2. The molecule has 1 saturated heterocycles. The lowest BCUT2D eigenvalue weighted by Crippen LogP contribution is -2.51. The number of nitrogens with one attached hydrogen (secondary N) is 1. The third-order valence-electron chi connectivity index (χ3n) is 4.44. The lowest BCUT2D eigenvalue weighted by atomic mass is 10.1. The molecular weight excluding hydrogens is 316 g/mol. The predicted molar refractivity (Wildman–Crippen MR) is 96.1 cm³/mol. The highest BCUT2D eigenvalue weighted by Crippen LogP contribution is 2.10. The molecule has 0 radical (unpaired) electrons. The van der Waals surface area contributed by atoms with E-state index in [1.165, 1.54) is 5.56 Å². The molecule has 1 N–H and O–H groups in total. The summed E-state index contributed by atoms with van der Waals surface area (Å²) in [5.41, 5.74) is 1.29. The molecule has 25 heavy (non-hydrogen) atoms. The van der Waals surface area contributed by atoms with Crippen LogP contribution in [0.1, 0.15) is 18.3 Å². The van der Waals surface area contributed by atoms with Gasteiger partial charge < -0.3 is 19.5 Å². The van der Waals surface area contributed by atoms with Crippen LogP contribution in [0.15, 0.2) is 42.7 Å². The number of ether oxygens (including phenoxy) is 1. The zero-order valence-electron chi connectivity index (χ0n) is 14.9. The van der Waals surface area contributed by atoms with Gasteiger partial charge in [0.05, 0.1) is 12.6 Å². The summed E-state index contributed by atoms with van der Waals surface area (Å²) in [6.45, 7) is 4.73. The number of carbonyl (C=O) groups excluding carboxylic acids is 1. The molecule has 6 heteroatoms. The first kappa shape index (κ1) is 17.6. The molecule has 1 amide bonds. The number of carbonyl (C=O) groups is 1. The molecule has 1 aliphatic heterocycles. The largest absolute Gasteiger partial charge is 0.363 e. The summed E-state index contributed by atoms with van der Waals surface area (Å²) in [7, 11) is 2.01. The second-order valence-electron chi connectivity index (χ2n) is 6.65. The van der Waals surface area contributed by atoms with Crippen molar-refractivity contribution in [2.75, 3.05) is 20.1 Å². The third kappa shape index (κ3) is 4.90. The number of morpholine rings is 1. The van der Waals surface area contributed by atoms with Gasteiger partial charge >= 0.3 is 0 Å². The quantitative estimate of drug-likeness (QED) is 0.863. The van der Waals surface area contributed by atoms with Crippen LogP contribution in [0.3, 0.4) is 0 Å². The molecule has 1 fully saturated rings. The van der Waals surface area contributed by atoms with Crippen LogP contribution in [-0.2, 0) is 29.0 Å². The van der Waals surface area contributed by atoms with Crippen molar-refractivity contribution in [3.05, 3.63) is 54.1 Å². The molecule has 0 aliphatic carbocycles. The number of nitrogens with zero attached hydrogens (tertiary/aromatic N) is 3. The normalized spacial score (nSPS) is 21.2. The van der Waals surface area contributed by atoms with Gasteiger partial charge in [-0.3, -0.25) is 4.79 Å². The Morgan fingerprint density at radius 2 is 2.12 bits per heavy atom. The highest BCUT2D eigenvalue weighted by molar-refractivity contribution is 5.81. The minimum atomic E-state index is -0.415. The minimum Gasteiger partial charge on any atom is -0.363 e. The maximum atomic E-state index is 12.4. The van der Waals surface area contributed by atoms with Gasteiger partial charge in [0.2, 0.25) is 0 Å². The van der Waals surface area contributed by atoms with Gasteiger partial charge in [-0.1, -0.05) is 30.3 Å². The fourth-order valence-corrected chi connectivity index (χ4v) is 3.19. The first-order chi connectivity index (χ1) is 12.1. The summed E-state index contributed by atoms with van der Waals surface area (Å²) >= 11 is 0. The Morgan fingerprint density at radius 1 is 1.32 bits per heavy atom.